The van der Waals surface area contributed by atoms with E-state index in [2.05, 4.69) is 18.8 Å². The molecule has 1 N–H and O–H groups in total. The van der Waals surface area contributed by atoms with E-state index in [1.807, 2.05) is 12.1 Å². The molecule has 0 aromatic carbocycles. The van der Waals surface area contributed by atoms with E-state index in [4.69, 9.17) is 9.84 Å². The first-order chi connectivity index (χ1) is 6.74. The predicted molar refractivity (Wildman–Crippen MR) is 55.5 cm³/mol. The fraction of sp³-hybridized carbons (Fsp3) is 0.545. The van der Waals surface area contributed by atoms with Gasteiger partial charge in [-0.25, -0.2) is 0 Å². The summed E-state index contributed by atoms with van der Waals surface area (Å²) in [5.41, 5.74) is 1.07. The summed E-state index contributed by atoms with van der Waals surface area (Å²) in [7, 11) is 0. The number of hydrogen-bond acceptors (Lipinski definition) is 3. The molecule has 78 valence electrons. The molecule has 1 heterocycles. The van der Waals surface area contributed by atoms with Crippen molar-refractivity contribution in [1.29, 1.82) is 0 Å². The van der Waals surface area contributed by atoms with E-state index in [-0.39, 0.29) is 6.61 Å². The molecular formula is C11H17NO2. The first kappa shape index (κ1) is 11.0. The molecule has 0 aliphatic rings. The SMILES string of the molecule is CC(C)c1ccc(OCCCO)cn1. The Hall–Kier alpha value is -1.09. The number of aromatic nitrogens is 1. The van der Waals surface area contributed by atoms with Crippen LogP contribution in [-0.4, -0.2) is 23.3 Å². The predicted octanol–water partition coefficient (Wildman–Crippen LogP) is 1.97. The maximum atomic E-state index is 8.57. The zero-order chi connectivity index (χ0) is 10.4. The summed E-state index contributed by atoms with van der Waals surface area (Å²) in [5.74, 6) is 1.21. The minimum atomic E-state index is 0.164. The molecule has 14 heavy (non-hydrogen) atoms. The second kappa shape index (κ2) is 5.60. The van der Waals surface area contributed by atoms with Crippen LogP contribution in [0.25, 0.3) is 0 Å². The monoisotopic (exact) mass is 195 g/mol. The van der Waals surface area contributed by atoms with Crippen molar-refractivity contribution in [1.82, 2.24) is 4.98 Å². The van der Waals surface area contributed by atoms with Crippen molar-refractivity contribution < 1.29 is 9.84 Å². The highest BCUT2D eigenvalue weighted by molar-refractivity contribution is 5.21. The van der Waals surface area contributed by atoms with Crippen molar-refractivity contribution in [3.8, 4) is 5.75 Å². The molecule has 0 saturated heterocycles. The molecule has 0 saturated carbocycles. The maximum Gasteiger partial charge on any atom is 0.137 e. The molecule has 1 rings (SSSR count). The van der Waals surface area contributed by atoms with Gasteiger partial charge in [0.1, 0.15) is 5.75 Å². The van der Waals surface area contributed by atoms with E-state index in [1.54, 1.807) is 6.20 Å². The Morgan fingerprint density at radius 3 is 2.71 bits per heavy atom. The normalized spacial score (nSPS) is 10.6. The Morgan fingerprint density at radius 2 is 2.21 bits per heavy atom. The van der Waals surface area contributed by atoms with Crippen LogP contribution in [0.1, 0.15) is 31.9 Å². The summed E-state index contributed by atoms with van der Waals surface area (Å²) >= 11 is 0. The van der Waals surface area contributed by atoms with E-state index >= 15 is 0 Å². The average molecular weight is 195 g/mol. The number of pyridine rings is 1. The highest BCUT2D eigenvalue weighted by Crippen LogP contribution is 2.15. The fourth-order valence-electron chi connectivity index (χ4n) is 1.07. The molecule has 1 aromatic heterocycles. The van der Waals surface area contributed by atoms with Gasteiger partial charge in [-0.2, -0.15) is 0 Å². The lowest BCUT2D eigenvalue weighted by Crippen LogP contribution is -2.00. The lowest BCUT2D eigenvalue weighted by atomic mass is 10.1. The number of rotatable bonds is 5. The summed E-state index contributed by atoms with van der Waals surface area (Å²) in [4.78, 5) is 4.27. The van der Waals surface area contributed by atoms with Crippen molar-refractivity contribution in [3.63, 3.8) is 0 Å². The molecule has 0 aliphatic heterocycles. The Labute approximate surface area is 84.7 Å². The van der Waals surface area contributed by atoms with Gasteiger partial charge >= 0.3 is 0 Å². The van der Waals surface area contributed by atoms with Crippen LogP contribution in [0.5, 0.6) is 5.75 Å². The van der Waals surface area contributed by atoms with Gasteiger partial charge in [0.05, 0.1) is 12.8 Å². The third kappa shape index (κ3) is 3.34. The molecular weight excluding hydrogens is 178 g/mol. The molecule has 0 bridgehead atoms. The molecule has 0 spiro atoms. The van der Waals surface area contributed by atoms with E-state index in [1.165, 1.54) is 0 Å². The van der Waals surface area contributed by atoms with Gasteiger partial charge in [-0.1, -0.05) is 13.8 Å². The van der Waals surface area contributed by atoms with E-state index < -0.39 is 0 Å². The van der Waals surface area contributed by atoms with Gasteiger partial charge in [0.25, 0.3) is 0 Å². The van der Waals surface area contributed by atoms with Gasteiger partial charge in [-0.05, 0) is 18.1 Å². The topological polar surface area (TPSA) is 42.4 Å². The van der Waals surface area contributed by atoms with Crippen LogP contribution in [-0.2, 0) is 0 Å². The van der Waals surface area contributed by atoms with Crippen LogP contribution in [0.3, 0.4) is 0 Å². The smallest absolute Gasteiger partial charge is 0.137 e. The molecule has 1 aromatic rings. The maximum absolute atomic E-state index is 8.57. The number of hydrogen-bond donors (Lipinski definition) is 1. The van der Waals surface area contributed by atoms with Crippen molar-refractivity contribution in [2.45, 2.75) is 26.2 Å². The molecule has 0 unspecified atom stereocenters. The fourth-order valence-corrected chi connectivity index (χ4v) is 1.07. The molecule has 0 amide bonds. The molecule has 0 radical (unpaired) electrons. The number of ether oxygens (including phenoxy) is 1. The lowest BCUT2D eigenvalue weighted by Gasteiger charge is -2.07. The quantitative estimate of drug-likeness (QED) is 0.730. The minimum Gasteiger partial charge on any atom is -0.492 e. The van der Waals surface area contributed by atoms with Gasteiger partial charge in [0.2, 0.25) is 0 Å². The van der Waals surface area contributed by atoms with Gasteiger partial charge in [-0.3, -0.25) is 4.98 Å². The first-order valence-electron chi connectivity index (χ1n) is 4.93. The van der Waals surface area contributed by atoms with E-state index in [9.17, 15) is 0 Å². The number of aliphatic hydroxyl groups excluding tert-OH is 1. The summed E-state index contributed by atoms with van der Waals surface area (Å²) in [6.45, 7) is 4.92. The van der Waals surface area contributed by atoms with Crippen LogP contribution in [0.15, 0.2) is 18.3 Å². The Balaban J connectivity index is 2.47. The summed E-state index contributed by atoms with van der Waals surface area (Å²) in [6.07, 6.45) is 2.39. The van der Waals surface area contributed by atoms with Gasteiger partial charge in [0.15, 0.2) is 0 Å². The third-order valence-electron chi connectivity index (χ3n) is 1.92. The standard InChI is InChI=1S/C11H17NO2/c1-9(2)11-5-4-10(8-12-11)14-7-3-6-13/h4-5,8-9,13H,3,6-7H2,1-2H3. The average Bonchev–Trinajstić information content (AvgIpc) is 2.19. The zero-order valence-electron chi connectivity index (χ0n) is 8.73. The van der Waals surface area contributed by atoms with Gasteiger partial charge < -0.3 is 9.84 Å². The molecule has 0 fully saturated rings. The number of aliphatic hydroxyl groups is 1. The second-order valence-electron chi connectivity index (χ2n) is 3.50. The molecule has 0 atom stereocenters. The summed E-state index contributed by atoms with van der Waals surface area (Å²) in [6, 6.07) is 3.89. The Bertz CT molecular complexity index is 256. The van der Waals surface area contributed by atoms with E-state index in [0.29, 0.717) is 18.9 Å². The van der Waals surface area contributed by atoms with Gasteiger partial charge in [-0.15, -0.1) is 0 Å². The highest BCUT2D eigenvalue weighted by atomic mass is 16.5. The first-order valence-corrected chi connectivity index (χ1v) is 4.93. The van der Waals surface area contributed by atoms with Crippen LogP contribution >= 0.6 is 0 Å². The lowest BCUT2D eigenvalue weighted by molar-refractivity contribution is 0.233. The Kier molecular flexibility index (Phi) is 4.40. The zero-order valence-corrected chi connectivity index (χ0v) is 8.73. The Morgan fingerprint density at radius 1 is 1.43 bits per heavy atom. The molecule has 3 nitrogen and oxygen atoms in total. The summed E-state index contributed by atoms with van der Waals surface area (Å²) < 4.78 is 5.36. The third-order valence-corrected chi connectivity index (χ3v) is 1.92. The van der Waals surface area contributed by atoms with Crippen molar-refractivity contribution >= 4 is 0 Å². The highest BCUT2D eigenvalue weighted by Gasteiger charge is 2.00. The van der Waals surface area contributed by atoms with Crippen LogP contribution in [0, 0.1) is 0 Å². The number of nitrogens with zero attached hydrogens (tertiary/aromatic N) is 1. The molecule has 0 aliphatic carbocycles. The largest absolute Gasteiger partial charge is 0.492 e. The van der Waals surface area contributed by atoms with E-state index in [0.717, 1.165) is 11.4 Å². The van der Waals surface area contributed by atoms with Crippen LogP contribution < -0.4 is 4.74 Å². The van der Waals surface area contributed by atoms with Crippen LogP contribution in [0.4, 0.5) is 0 Å². The van der Waals surface area contributed by atoms with Crippen molar-refractivity contribution in [3.05, 3.63) is 24.0 Å². The van der Waals surface area contributed by atoms with Crippen LogP contribution in [0.2, 0.25) is 0 Å². The van der Waals surface area contributed by atoms with Crippen molar-refractivity contribution in [2.75, 3.05) is 13.2 Å². The second-order valence-corrected chi connectivity index (χ2v) is 3.50. The van der Waals surface area contributed by atoms with Crippen molar-refractivity contribution in [2.24, 2.45) is 0 Å². The van der Waals surface area contributed by atoms with Gasteiger partial charge in [0, 0.05) is 18.7 Å². The molecule has 3 heteroatoms. The minimum absolute atomic E-state index is 0.164. The summed E-state index contributed by atoms with van der Waals surface area (Å²) in [5, 5.41) is 8.57.